The van der Waals surface area contributed by atoms with Crippen molar-refractivity contribution < 1.29 is 19.1 Å². The van der Waals surface area contributed by atoms with Crippen molar-refractivity contribution >= 4 is 34.3 Å². The summed E-state index contributed by atoms with van der Waals surface area (Å²) in [6, 6.07) is 9.50. The van der Waals surface area contributed by atoms with Gasteiger partial charge < -0.3 is 15.4 Å². The van der Waals surface area contributed by atoms with Gasteiger partial charge in [-0.15, -0.1) is 5.10 Å². The number of aromatic nitrogens is 2. The van der Waals surface area contributed by atoms with Gasteiger partial charge in [-0.05, 0) is 12.5 Å². The third kappa shape index (κ3) is 6.22. The van der Waals surface area contributed by atoms with Gasteiger partial charge in [0, 0.05) is 18.1 Å². The molecule has 0 spiro atoms. The molecule has 1 aromatic carbocycles. The van der Waals surface area contributed by atoms with Crippen LogP contribution in [0.15, 0.2) is 30.3 Å². The van der Waals surface area contributed by atoms with Gasteiger partial charge in [-0.2, -0.15) is 0 Å². The molecule has 3 N–H and O–H groups in total. The molecule has 0 saturated heterocycles. The molecule has 0 fully saturated rings. The highest BCUT2D eigenvalue weighted by Crippen LogP contribution is 2.18. The molecular formula is C16H19N5O4S. The van der Waals surface area contributed by atoms with Gasteiger partial charge in [-0.25, -0.2) is 4.79 Å². The van der Waals surface area contributed by atoms with Crippen molar-refractivity contribution in [1.82, 2.24) is 20.2 Å². The highest BCUT2D eigenvalue weighted by atomic mass is 32.1. The second-order valence-electron chi connectivity index (χ2n) is 5.09. The molecule has 9 nitrogen and oxygen atoms in total. The largest absolute Gasteiger partial charge is 0.461 e. The van der Waals surface area contributed by atoms with Gasteiger partial charge in [0.1, 0.15) is 0 Å². The molecule has 0 bridgehead atoms. The number of rotatable bonds is 9. The van der Waals surface area contributed by atoms with Gasteiger partial charge in [-0.3, -0.25) is 14.9 Å². The third-order valence-electron chi connectivity index (χ3n) is 3.11. The van der Waals surface area contributed by atoms with E-state index in [9.17, 15) is 14.4 Å². The lowest BCUT2D eigenvalue weighted by atomic mass is 10.2. The molecule has 138 valence electrons. The number of amides is 2. The Morgan fingerprint density at radius 1 is 1.12 bits per heavy atom. The minimum Gasteiger partial charge on any atom is -0.461 e. The zero-order chi connectivity index (χ0) is 18.8. The van der Waals surface area contributed by atoms with Crippen LogP contribution in [0.2, 0.25) is 0 Å². The fourth-order valence-electron chi connectivity index (χ4n) is 1.93. The van der Waals surface area contributed by atoms with Gasteiger partial charge in [0.15, 0.2) is 5.00 Å². The van der Waals surface area contributed by atoms with Crippen molar-refractivity contribution in [2.45, 2.75) is 13.5 Å². The van der Waals surface area contributed by atoms with Crippen LogP contribution in [-0.4, -0.2) is 47.1 Å². The van der Waals surface area contributed by atoms with E-state index in [0.29, 0.717) is 6.54 Å². The van der Waals surface area contributed by atoms with E-state index in [1.807, 2.05) is 30.3 Å². The number of nitrogens with zero attached hydrogens (tertiary/aromatic N) is 2. The van der Waals surface area contributed by atoms with Gasteiger partial charge in [0.25, 0.3) is 0 Å². The molecule has 0 radical (unpaired) electrons. The van der Waals surface area contributed by atoms with E-state index in [2.05, 4.69) is 25.5 Å². The number of carbonyl (C=O) groups is 3. The summed E-state index contributed by atoms with van der Waals surface area (Å²) in [6.45, 7) is 2.18. The number of carbonyl (C=O) groups excluding carboxylic acids is 3. The van der Waals surface area contributed by atoms with E-state index in [1.54, 1.807) is 6.92 Å². The predicted molar refractivity (Wildman–Crippen MR) is 95.7 cm³/mol. The van der Waals surface area contributed by atoms with Crippen LogP contribution in [0.25, 0.3) is 0 Å². The lowest BCUT2D eigenvalue weighted by Crippen LogP contribution is -2.37. The molecule has 10 heteroatoms. The normalized spacial score (nSPS) is 10.2. The Bertz CT molecular complexity index is 750. The van der Waals surface area contributed by atoms with Crippen LogP contribution >= 0.6 is 11.5 Å². The molecule has 1 heterocycles. The van der Waals surface area contributed by atoms with Crippen molar-refractivity contribution in [1.29, 1.82) is 0 Å². The molecule has 0 aliphatic carbocycles. The summed E-state index contributed by atoms with van der Waals surface area (Å²) in [5.41, 5.74) is 0.952. The first-order valence-corrected chi connectivity index (χ1v) is 8.68. The molecule has 26 heavy (non-hydrogen) atoms. The lowest BCUT2D eigenvalue weighted by Gasteiger charge is -2.07. The number of nitrogens with one attached hydrogen (secondary N) is 3. The van der Waals surface area contributed by atoms with E-state index < -0.39 is 11.9 Å². The Kier molecular flexibility index (Phi) is 7.65. The molecule has 0 aliphatic heterocycles. The zero-order valence-corrected chi connectivity index (χ0v) is 15.0. The number of benzene rings is 1. The van der Waals surface area contributed by atoms with Crippen LogP contribution in [0.1, 0.15) is 23.0 Å². The smallest absolute Gasteiger partial charge is 0.362 e. The summed E-state index contributed by atoms with van der Waals surface area (Å²) >= 11 is 0.877. The van der Waals surface area contributed by atoms with E-state index in [0.717, 1.165) is 17.1 Å². The van der Waals surface area contributed by atoms with Gasteiger partial charge in [0.2, 0.25) is 17.5 Å². The van der Waals surface area contributed by atoms with Gasteiger partial charge >= 0.3 is 5.97 Å². The Morgan fingerprint density at radius 2 is 1.85 bits per heavy atom. The number of hydrogen-bond donors (Lipinski definition) is 3. The molecule has 0 unspecified atom stereocenters. The van der Waals surface area contributed by atoms with Crippen molar-refractivity contribution in [3.63, 3.8) is 0 Å². The first-order valence-electron chi connectivity index (χ1n) is 7.90. The second kappa shape index (κ2) is 10.2. The third-order valence-corrected chi connectivity index (χ3v) is 3.75. The molecule has 1 aromatic heterocycles. The average molecular weight is 377 g/mol. The maximum Gasteiger partial charge on any atom is 0.362 e. The number of anilines is 1. The van der Waals surface area contributed by atoms with Gasteiger partial charge in [-0.1, -0.05) is 34.8 Å². The Balaban J connectivity index is 1.70. The number of esters is 1. The fourth-order valence-corrected chi connectivity index (χ4v) is 2.50. The second-order valence-corrected chi connectivity index (χ2v) is 5.84. The van der Waals surface area contributed by atoms with Crippen LogP contribution in [0.5, 0.6) is 0 Å². The lowest BCUT2D eigenvalue weighted by molar-refractivity contribution is -0.120. The maximum absolute atomic E-state index is 11.9. The minimum absolute atomic E-state index is 0.00801. The Hall–Kier alpha value is -2.85. The standard InChI is InChI=1S/C16H19N5O4S/c1-2-25-16(24)14-15(26-21-20-14)19-13(23)10-17-9-12(22)18-8-11-6-4-3-5-7-11/h3-7,17H,2,8-10H2,1H3,(H,18,22)(H,19,23). The summed E-state index contributed by atoms with van der Waals surface area (Å²) in [6.07, 6.45) is 0. The molecule has 2 amide bonds. The van der Waals surface area contributed by atoms with Crippen LogP contribution < -0.4 is 16.0 Å². The topological polar surface area (TPSA) is 122 Å². The van der Waals surface area contributed by atoms with Crippen molar-refractivity contribution in [2.24, 2.45) is 0 Å². The summed E-state index contributed by atoms with van der Waals surface area (Å²) in [4.78, 5) is 35.3. The summed E-state index contributed by atoms with van der Waals surface area (Å²) in [7, 11) is 0. The monoisotopic (exact) mass is 377 g/mol. The van der Waals surface area contributed by atoms with Crippen molar-refractivity contribution in [3.05, 3.63) is 41.6 Å². The molecule has 0 aliphatic rings. The highest BCUT2D eigenvalue weighted by Gasteiger charge is 2.19. The Morgan fingerprint density at radius 3 is 2.58 bits per heavy atom. The molecule has 0 saturated carbocycles. The van der Waals surface area contributed by atoms with E-state index in [4.69, 9.17) is 4.74 Å². The first kappa shape index (κ1) is 19.5. The van der Waals surface area contributed by atoms with Crippen LogP contribution in [0.4, 0.5) is 5.00 Å². The number of ether oxygens (including phenoxy) is 1. The quantitative estimate of drug-likeness (QED) is 0.546. The van der Waals surface area contributed by atoms with Crippen molar-refractivity contribution in [3.8, 4) is 0 Å². The highest BCUT2D eigenvalue weighted by molar-refractivity contribution is 7.10. The molecule has 2 rings (SSSR count). The van der Waals surface area contributed by atoms with E-state index in [1.165, 1.54) is 0 Å². The predicted octanol–water partition coefficient (Wildman–Crippen LogP) is 0.559. The molecular weight excluding hydrogens is 358 g/mol. The molecule has 2 aromatic rings. The van der Waals surface area contributed by atoms with Crippen molar-refractivity contribution in [2.75, 3.05) is 25.0 Å². The average Bonchev–Trinajstić information content (AvgIpc) is 3.09. The maximum atomic E-state index is 11.9. The van der Waals surface area contributed by atoms with Crippen LogP contribution in [0, 0.1) is 0 Å². The number of hydrogen-bond acceptors (Lipinski definition) is 8. The van der Waals surface area contributed by atoms with E-state index >= 15 is 0 Å². The zero-order valence-electron chi connectivity index (χ0n) is 14.2. The first-order chi connectivity index (χ1) is 12.6. The van der Waals surface area contributed by atoms with Gasteiger partial charge in [0.05, 0.1) is 19.7 Å². The fraction of sp³-hybridized carbons (Fsp3) is 0.312. The summed E-state index contributed by atoms with van der Waals surface area (Å²) in [5.74, 6) is -1.30. The Labute approximate surface area is 154 Å². The minimum atomic E-state index is -0.648. The van der Waals surface area contributed by atoms with Crippen LogP contribution in [-0.2, 0) is 20.9 Å². The van der Waals surface area contributed by atoms with E-state index in [-0.39, 0.29) is 36.3 Å². The summed E-state index contributed by atoms with van der Waals surface area (Å²) < 4.78 is 8.46. The SMILES string of the molecule is CCOC(=O)c1nnsc1NC(=O)CNCC(=O)NCc1ccccc1. The summed E-state index contributed by atoms with van der Waals surface area (Å²) in [5, 5.41) is 11.9. The van der Waals surface area contributed by atoms with Crippen LogP contribution in [0.3, 0.4) is 0 Å². The molecule has 0 atom stereocenters.